The Morgan fingerprint density at radius 3 is 2.83 bits per heavy atom. The molecule has 0 saturated carbocycles. The molecule has 1 rings (SSSR count). The Kier molecular flexibility index (Phi) is 3.27. The van der Waals surface area contributed by atoms with E-state index in [1.807, 2.05) is 0 Å². The van der Waals surface area contributed by atoms with Gasteiger partial charge in [-0.2, -0.15) is 0 Å². The molecular weight excluding hydrogens is 196 g/mol. The second-order valence-corrected chi connectivity index (χ2v) is 2.82. The summed E-state index contributed by atoms with van der Waals surface area (Å²) < 4.78 is 4.34. The summed E-state index contributed by atoms with van der Waals surface area (Å²) >= 11 is 5.65. The molecule has 5 heteroatoms. The van der Waals surface area contributed by atoms with Gasteiger partial charge in [0.05, 0.1) is 5.56 Å². The third-order valence-electron chi connectivity index (χ3n) is 1.22. The number of carbonyl (C=O) groups is 1. The molecule has 0 amide bonds. The lowest BCUT2D eigenvalue weighted by atomic mass is 10.2. The quantitative estimate of drug-likeness (QED) is 0.403. The van der Waals surface area contributed by atoms with E-state index < -0.39 is 5.97 Å². The molecule has 0 bridgehead atoms. The Hall–Kier alpha value is -0.843. The lowest BCUT2D eigenvalue weighted by Gasteiger charge is -1.99. The highest BCUT2D eigenvalue weighted by atomic mass is 35.5. The molecule has 64 valence electrons. The maximum Gasteiger partial charge on any atom is 0.371 e. The van der Waals surface area contributed by atoms with E-state index in [9.17, 15) is 4.79 Å². The number of hydrogen-bond donors (Lipinski definition) is 0. The molecule has 0 spiro atoms. The van der Waals surface area contributed by atoms with Crippen LogP contribution in [0.1, 0.15) is 10.4 Å². The van der Waals surface area contributed by atoms with Crippen molar-refractivity contribution in [1.82, 2.24) is 0 Å². The van der Waals surface area contributed by atoms with Gasteiger partial charge in [0.1, 0.15) is 0 Å². The van der Waals surface area contributed by atoms with Crippen LogP contribution >= 0.6 is 11.6 Å². The molecule has 0 radical (unpaired) electrons. The van der Waals surface area contributed by atoms with Crippen LogP contribution in [-0.2, 0) is 9.46 Å². The highest BCUT2D eigenvalue weighted by Gasteiger charge is 2.06. The molecule has 3 nitrogen and oxygen atoms in total. The van der Waals surface area contributed by atoms with Crippen LogP contribution in [0.2, 0.25) is 5.02 Å². The Morgan fingerprint density at radius 1 is 1.50 bits per heavy atom. The van der Waals surface area contributed by atoms with Gasteiger partial charge in [-0.15, -0.1) is 0 Å². The molecule has 1 aromatic carbocycles. The Bertz CT molecular complexity index is 290. The molecule has 0 heterocycles. The maximum atomic E-state index is 11.0. The molecule has 0 atom stereocenters. The van der Waals surface area contributed by atoms with Crippen molar-refractivity contribution in [2.75, 3.05) is 0 Å². The molecular formula is C7H7ClO3Si. The molecule has 0 aliphatic rings. The molecule has 0 saturated heterocycles. The average molecular weight is 203 g/mol. The Labute approximate surface area is 77.7 Å². The zero-order valence-electron chi connectivity index (χ0n) is 6.41. The van der Waals surface area contributed by atoms with Gasteiger partial charge in [-0.1, -0.05) is 17.7 Å². The van der Waals surface area contributed by atoms with Crippen molar-refractivity contribution in [3.8, 4) is 0 Å². The molecule has 12 heavy (non-hydrogen) atoms. The van der Waals surface area contributed by atoms with E-state index in [1.54, 1.807) is 18.2 Å². The van der Waals surface area contributed by atoms with E-state index in [1.165, 1.54) is 6.07 Å². The topological polar surface area (TPSA) is 35.5 Å². The first-order valence-corrected chi connectivity index (χ1v) is 4.44. The molecule has 0 aromatic heterocycles. The number of benzene rings is 1. The maximum absolute atomic E-state index is 11.0. The highest BCUT2D eigenvalue weighted by molar-refractivity contribution is 6.30. The summed E-state index contributed by atoms with van der Waals surface area (Å²) in [6, 6.07) is 6.48. The fraction of sp³-hybridized carbons (Fsp3) is 0. The van der Waals surface area contributed by atoms with Gasteiger partial charge in [0.15, 0.2) is 0 Å². The molecule has 1 aromatic rings. The van der Waals surface area contributed by atoms with Crippen LogP contribution in [-0.4, -0.2) is 16.5 Å². The monoisotopic (exact) mass is 202 g/mol. The number of carbonyl (C=O) groups excluding carboxylic acids is 1. The predicted molar refractivity (Wildman–Crippen MR) is 47.9 cm³/mol. The first-order valence-electron chi connectivity index (χ1n) is 3.24. The average Bonchev–Trinajstić information content (AvgIpc) is 2.05. The summed E-state index contributed by atoms with van der Waals surface area (Å²) in [6.07, 6.45) is 0. The fourth-order valence-electron chi connectivity index (χ4n) is 0.739. The third kappa shape index (κ3) is 2.33. The summed E-state index contributed by atoms with van der Waals surface area (Å²) in [4.78, 5) is 15.4. The van der Waals surface area contributed by atoms with E-state index >= 15 is 0 Å². The van der Waals surface area contributed by atoms with Crippen molar-refractivity contribution in [1.29, 1.82) is 0 Å². The second-order valence-electron chi connectivity index (χ2n) is 2.05. The van der Waals surface area contributed by atoms with E-state index in [-0.39, 0.29) is 0 Å². The fourth-order valence-corrected chi connectivity index (χ4v) is 1.08. The first-order chi connectivity index (χ1) is 5.74. The van der Waals surface area contributed by atoms with Gasteiger partial charge in [-0.05, 0) is 18.2 Å². The van der Waals surface area contributed by atoms with Crippen LogP contribution in [0.25, 0.3) is 0 Å². The smallest absolute Gasteiger partial charge is 0.306 e. The minimum Gasteiger partial charge on any atom is -0.306 e. The summed E-state index contributed by atoms with van der Waals surface area (Å²) in [5.41, 5.74) is 0.387. The molecule has 0 aliphatic carbocycles. The van der Waals surface area contributed by atoms with Gasteiger partial charge in [0, 0.05) is 5.02 Å². The molecule has 0 aliphatic heterocycles. The third-order valence-corrected chi connectivity index (χ3v) is 1.62. The summed E-state index contributed by atoms with van der Waals surface area (Å²) in [5, 5.41) is 0.498. The van der Waals surface area contributed by atoms with E-state index in [0.29, 0.717) is 21.1 Å². The standard InChI is InChI=1S/C7H7ClO3Si/c8-6-3-1-2-5(4-6)7(9)10-11-12/h1-4H,12H3. The van der Waals surface area contributed by atoms with Crippen molar-refractivity contribution >= 4 is 28.1 Å². The van der Waals surface area contributed by atoms with Crippen molar-refractivity contribution in [3.05, 3.63) is 34.9 Å². The minimum absolute atomic E-state index is 0.360. The number of rotatable bonds is 2. The Morgan fingerprint density at radius 2 is 2.25 bits per heavy atom. The van der Waals surface area contributed by atoms with Crippen molar-refractivity contribution in [3.63, 3.8) is 0 Å². The van der Waals surface area contributed by atoms with Crippen LogP contribution in [0.4, 0.5) is 0 Å². The van der Waals surface area contributed by atoms with Crippen LogP contribution in [0.15, 0.2) is 24.3 Å². The molecule has 0 unspecified atom stereocenters. The molecule has 0 fully saturated rings. The second kappa shape index (κ2) is 4.25. The predicted octanol–water partition coefficient (Wildman–Crippen LogP) is 0.709. The summed E-state index contributed by atoms with van der Waals surface area (Å²) in [7, 11) is 0.360. The number of hydrogen-bond acceptors (Lipinski definition) is 3. The van der Waals surface area contributed by atoms with E-state index in [2.05, 4.69) is 9.46 Å². The van der Waals surface area contributed by atoms with E-state index in [4.69, 9.17) is 11.6 Å². The van der Waals surface area contributed by atoms with Gasteiger partial charge in [-0.25, -0.2) is 4.79 Å². The summed E-state index contributed by atoms with van der Waals surface area (Å²) in [6.45, 7) is 0. The Balaban J connectivity index is 2.81. The largest absolute Gasteiger partial charge is 0.371 e. The van der Waals surface area contributed by atoms with Crippen LogP contribution in [0, 0.1) is 0 Å². The van der Waals surface area contributed by atoms with Crippen LogP contribution in [0.5, 0.6) is 0 Å². The van der Waals surface area contributed by atoms with Crippen LogP contribution < -0.4 is 0 Å². The van der Waals surface area contributed by atoms with Crippen LogP contribution in [0.3, 0.4) is 0 Å². The molecule has 0 N–H and O–H groups in total. The lowest BCUT2D eigenvalue weighted by Crippen LogP contribution is -2.03. The zero-order valence-corrected chi connectivity index (χ0v) is 9.17. The lowest BCUT2D eigenvalue weighted by molar-refractivity contribution is -0.145. The summed E-state index contributed by atoms with van der Waals surface area (Å²) in [5.74, 6) is -0.521. The van der Waals surface area contributed by atoms with Crippen molar-refractivity contribution in [2.45, 2.75) is 0 Å². The number of halogens is 1. The van der Waals surface area contributed by atoms with Gasteiger partial charge >= 0.3 is 5.97 Å². The van der Waals surface area contributed by atoms with Gasteiger partial charge in [0.25, 0.3) is 0 Å². The van der Waals surface area contributed by atoms with Gasteiger partial charge < -0.3 is 4.89 Å². The van der Waals surface area contributed by atoms with E-state index in [0.717, 1.165) is 0 Å². The van der Waals surface area contributed by atoms with Gasteiger partial charge in [-0.3, -0.25) is 4.58 Å². The zero-order chi connectivity index (χ0) is 8.97. The van der Waals surface area contributed by atoms with Crippen molar-refractivity contribution in [2.24, 2.45) is 0 Å². The van der Waals surface area contributed by atoms with Gasteiger partial charge in [0.2, 0.25) is 10.5 Å². The highest BCUT2D eigenvalue weighted by Crippen LogP contribution is 2.11. The SMILES string of the molecule is O=C(OO[SiH3])c1cccc(Cl)c1. The van der Waals surface area contributed by atoms with Crippen molar-refractivity contribution < 1.29 is 14.3 Å². The normalized spacial score (nSPS) is 9.75. The minimum atomic E-state index is -0.521. The first kappa shape index (κ1) is 9.25.